The van der Waals surface area contributed by atoms with E-state index in [1.54, 1.807) is 10.6 Å². The van der Waals surface area contributed by atoms with Crippen LogP contribution in [0, 0.1) is 6.92 Å². The fraction of sp³-hybridized carbons (Fsp3) is 0.368. The average Bonchev–Trinajstić information content (AvgIpc) is 3.36. The molecule has 1 saturated carbocycles. The van der Waals surface area contributed by atoms with Crippen LogP contribution in [0.5, 0.6) is 0 Å². The first-order valence-electron chi connectivity index (χ1n) is 9.17. The van der Waals surface area contributed by atoms with Crippen molar-refractivity contribution in [3.05, 3.63) is 53.5 Å². The number of nitrogens with zero attached hydrogens (tertiary/aromatic N) is 4. The number of aryl methyl sites for hydroxylation is 1. The third kappa shape index (κ3) is 3.74. The SMILES string of the molecule is Cc1cc(NCCNC(=O)C2(c3cccc(C(F)(F)F)c3)CC2)n2ncnc2n1. The number of anilines is 1. The van der Waals surface area contributed by atoms with Crippen molar-refractivity contribution in [2.45, 2.75) is 31.4 Å². The first-order valence-corrected chi connectivity index (χ1v) is 9.17. The maximum absolute atomic E-state index is 13.0. The van der Waals surface area contributed by atoms with E-state index in [4.69, 9.17) is 0 Å². The van der Waals surface area contributed by atoms with Crippen molar-refractivity contribution in [1.82, 2.24) is 24.9 Å². The molecule has 2 heterocycles. The van der Waals surface area contributed by atoms with Crippen molar-refractivity contribution in [3.63, 3.8) is 0 Å². The molecule has 2 aromatic heterocycles. The zero-order chi connectivity index (χ0) is 20.6. The molecule has 0 unspecified atom stereocenters. The topological polar surface area (TPSA) is 84.2 Å². The van der Waals surface area contributed by atoms with Gasteiger partial charge in [0.15, 0.2) is 0 Å². The summed E-state index contributed by atoms with van der Waals surface area (Å²) in [6.07, 6.45) is -1.95. The molecule has 1 fully saturated rings. The highest BCUT2D eigenvalue weighted by atomic mass is 19.4. The third-order valence-corrected chi connectivity index (χ3v) is 5.02. The van der Waals surface area contributed by atoms with Crippen LogP contribution in [0.15, 0.2) is 36.7 Å². The Morgan fingerprint density at radius 2 is 2.03 bits per heavy atom. The van der Waals surface area contributed by atoms with Gasteiger partial charge in [0.25, 0.3) is 5.78 Å². The zero-order valence-corrected chi connectivity index (χ0v) is 15.6. The van der Waals surface area contributed by atoms with Crippen molar-refractivity contribution in [2.24, 2.45) is 0 Å². The smallest absolute Gasteiger partial charge is 0.368 e. The van der Waals surface area contributed by atoms with Crippen molar-refractivity contribution in [2.75, 3.05) is 18.4 Å². The molecule has 7 nitrogen and oxygen atoms in total. The Kier molecular flexibility index (Phi) is 4.64. The van der Waals surface area contributed by atoms with E-state index in [0.717, 1.165) is 17.8 Å². The maximum atomic E-state index is 13.0. The Balaban J connectivity index is 1.38. The second kappa shape index (κ2) is 7.02. The maximum Gasteiger partial charge on any atom is 0.416 e. The van der Waals surface area contributed by atoms with E-state index in [0.29, 0.717) is 43.1 Å². The van der Waals surface area contributed by atoms with Gasteiger partial charge in [0.05, 0.1) is 11.0 Å². The first kappa shape index (κ1) is 19.2. The van der Waals surface area contributed by atoms with E-state index >= 15 is 0 Å². The van der Waals surface area contributed by atoms with Crippen molar-refractivity contribution in [3.8, 4) is 0 Å². The highest BCUT2D eigenvalue weighted by Crippen LogP contribution is 2.49. The molecule has 0 aliphatic heterocycles. The van der Waals surface area contributed by atoms with Crippen LogP contribution in [0.3, 0.4) is 0 Å². The molecule has 29 heavy (non-hydrogen) atoms. The van der Waals surface area contributed by atoms with Gasteiger partial charge in [-0.1, -0.05) is 18.2 Å². The second-order valence-electron chi connectivity index (χ2n) is 7.10. The van der Waals surface area contributed by atoms with E-state index in [9.17, 15) is 18.0 Å². The Morgan fingerprint density at radius 1 is 1.24 bits per heavy atom. The second-order valence-corrected chi connectivity index (χ2v) is 7.10. The summed E-state index contributed by atoms with van der Waals surface area (Å²) in [4.78, 5) is 21.0. The lowest BCUT2D eigenvalue weighted by Crippen LogP contribution is -2.37. The Labute approximate surface area is 164 Å². The number of fused-ring (bicyclic) bond motifs is 1. The van der Waals surface area contributed by atoms with Crippen LogP contribution in [0.1, 0.15) is 29.7 Å². The van der Waals surface area contributed by atoms with Gasteiger partial charge >= 0.3 is 6.18 Å². The predicted molar refractivity (Wildman–Crippen MR) is 99.4 cm³/mol. The van der Waals surface area contributed by atoms with Gasteiger partial charge in [-0.2, -0.15) is 27.8 Å². The third-order valence-electron chi connectivity index (χ3n) is 5.02. The van der Waals surface area contributed by atoms with E-state index in [2.05, 4.69) is 25.7 Å². The van der Waals surface area contributed by atoms with Gasteiger partial charge < -0.3 is 10.6 Å². The van der Waals surface area contributed by atoms with Gasteiger partial charge in [0.1, 0.15) is 12.1 Å². The molecule has 0 saturated heterocycles. The highest BCUT2D eigenvalue weighted by molar-refractivity contribution is 5.91. The molecule has 0 bridgehead atoms. The Morgan fingerprint density at radius 3 is 2.76 bits per heavy atom. The quantitative estimate of drug-likeness (QED) is 0.617. The minimum Gasteiger partial charge on any atom is -0.368 e. The van der Waals surface area contributed by atoms with Crippen LogP contribution >= 0.6 is 0 Å². The van der Waals surface area contributed by atoms with Gasteiger partial charge in [-0.3, -0.25) is 4.79 Å². The van der Waals surface area contributed by atoms with E-state index in [1.807, 2.05) is 13.0 Å². The molecule has 2 N–H and O–H groups in total. The monoisotopic (exact) mass is 404 g/mol. The number of rotatable bonds is 6. The summed E-state index contributed by atoms with van der Waals surface area (Å²) in [5.74, 6) is 0.909. The lowest BCUT2D eigenvalue weighted by molar-refractivity contribution is -0.137. The number of halogens is 3. The summed E-state index contributed by atoms with van der Waals surface area (Å²) in [5, 5.41) is 10.1. The molecule has 10 heteroatoms. The summed E-state index contributed by atoms with van der Waals surface area (Å²) in [6.45, 7) is 2.58. The summed E-state index contributed by atoms with van der Waals surface area (Å²) in [5.41, 5.74) is -0.417. The molecule has 1 aromatic carbocycles. The number of benzene rings is 1. The van der Waals surface area contributed by atoms with E-state index < -0.39 is 17.2 Å². The van der Waals surface area contributed by atoms with Crippen LogP contribution in [0.4, 0.5) is 19.0 Å². The number of hydrogen-bond donors (Lipinski definition) is 2. The van der Waals surface area contributed by atoms with Crippen LogP contribution in [0.2, 0.25) is 0 Å². The Bertz CT molecular complexity index is 1060. The number of hydrogen-bond acceptors (Lipinski definition) is 5. The largest absolute Gasteiger partial charge is 0.416 e. The number of carbonyl (C=O) groups is 1. The van der Waals surface area contributed by atoms with Gasteiger partial charge in [0.2, 0.25) is 5.91 Å². The highest BCUT2D eigenvalue weighted by Gasteiger charge is 2.51. The summed E-state index contributed by atoms with van der Waals surface area (Å²) in [7, 11) is 0. The van der Waals surface area contributed by atoms with Crippen LogP contribution in [-0.2, 0) is 16.4 Å². The van der Waals surface area contributed by atoms with Crippen LogP contribution < -0.4 is 10.6 Å². The van der Waals surface area contributed by atoms with E-state index in [1.165, 1.54) is 12.4 Å². The molecule has 0 atom stereocenters. The molecular formula is C19H19F3N6O. The minimum absolute atomic E-state index is 0.254. The van der Waals surface area contributed by atoms with Gasteiger partial charge in [-0.15, -0.1) is 0 Å². The molecule has 3 aromatic rings. The van der Waals surface area contributed by atoms with Crippen LogP contribution in [-0.4, -0.2) is 38.6 Å². The standard InChI is InChI=1S/C19H19F3N6O/c1-12-9-15(28-17(27-12)25-11-26-28)23-7-8-24-16(29)18(5-6-18)13-3-2-4-14(10-13)19(20,21)22/h2-4,9-11,23H,5-8H2,1H3,(H,24,29). The molecule has 4 rings (SSSR count). The van der Waals surface area contributed by atoms with Gasteiger partial charge in [-0.25, -0.2) is 4.98 Å². The summed E-state index contributed by atoms with van der Waals surface area (Å²) in [6, 6.07) is 6.84. The number of amides is 1. The molecule has 1 aliphatic rings. The van der Waals surface area contributed by atoms with Crippen molar-refractivity contribution >= 4 is 17.5 Å². The van der Waals surface area contributed by atoms with E-state index in [-0.39, 0.29) is 5.91 Å². The van der Waals surface area contributed by atoms with Gasteiger partial charge in [0, 0.05) is 24.8 Å². The molecular weight excluding hydrogens is 385 g/mol. The summed E-state index contributed by atoms with van der Waals surface area (Å²) < 4.78 is 40.5. The number of aromatic nitrogens is 4. The molecule has 152 valence electrons. The van der Waals surface area contributed by atoms with Crippen LogP contribution in [0.25, 0.3) is 5.78 Å². The van der Waals surface area contributed by atoms with Crippen molar-refractivity contribution in [1.29, 1.82) is 0 Å². The number of alkyl halides is 3. The fourth-order valence-corrected chi connectivity index (χ4v) is 3.36. The average molecular weight is 404 g/mol. The van der Waals surface area contributed by atoms with Gasteiger partial charge in [-0.05, 0) is 31.4 Å². The first-order chi connectivity index (χ1) is 13.8. The minimum atomic E-state index is -4.43. The fourth-order valence-electron chi connectivity index (χ4n) is 3.36. The molecule has 1 aliphatic carbocycles. The predicted octanol–water partition coefficient (Wildman–Crippen LogP) is 2.71. The lowest BCUT2D eigenvalue weighted by atomic mass is 9.93. The Hall–Kier alpha value is -3.17. The summed E-state index contributed by atoms with van der Waals surface area (Å²) >= 11 is 0. The van der Waals surface area contributed by atoms with Crippen molar-refractivity contribution < 1.29 is 18.0 Å². The lowest BCUT2D eigenvalue weighted by Gasteiger charge is -2.18. The number of nitrogens with one attached hydrogen (secondary N) is 2. The normalized spacial score (nSPS) is 15.3. The molecule has 0 spiro atoms. The number of carbonyl (C=O) groups excluding carboxylic acids is 1. The molecule has 1 amide bonds. The zero-order valence-electron chi connectivity index (χ0n) is 15.6. The molecule has 0 radical (unpaired) electrons.